The van der Waals surface area contributed by atoms with E-state index in [2.05, 4.69) is 21.4 Å². The van der Waals surface area contributed by atoms with Gasteiger partial charge in [0.1, 0.15) is 0 Å². The van der Waals surface area contributed by atoms with Crippen molar-refractivity contribution in [2.45, 2.75) is 49.5 Å². The quantitative estimate of drug-likeness (QED) is 0.312. The molecule has 3 aliphatic rings. The van der Waals surface area contributed by atoms with Crippen molar-refractivity contribution < 1.29 is 22.7 Å². The summed E-state index contributed by atoms with van der Waals surface area (Å²) in [7, 11) is -4.04. The van der Waals surface area contributed by atoms with Gasteiger partial charge in [0, 0.05) is 40.7 Å². The van der Waals surface area contributed by atoms with Crippen LogP contribution < -0.4 is 4.72 Å². The average Bonchev–Trinajstić information content (AvgIpc) is 3.27. The molecule has 3 heterocycles. The number of morpholine rings is 1. The van der Waals surface area contributed by atoms with E-state index in [1.807, 2.05) is 29.2 Å². The summed E-state index contributed by atoms with van der Waals surface area (Å²) in [4.78, 5) is 29.2. The van der Waals surface area contributed by atoms with Crippen LogP contribution >= 0.6 is 0 Å². The molecule has 4 aromatic rings. The number of hydrogen-bond donors (Lipinski definition) is 1. The highest BCUT2D eigenvalue weighted by atomic mass is 32.2. The van der Waals surface area contributed by atoms with E-state index in [0.29, 0.717) is 44.3 Å². The predicted octanol–water partition coefficient (Wildman–Crippen LogP) is 5.73. The fourth-order valence-corrected chi connectivity index (χ4v) is 7.95. The largest absolute Gasteiger partial charge is 0.378 e. The molecule has 8 nitrogen and oxygen atoms in total. The van der Waals surface area contributed by atoms with E-state index in [1.165, 1.54) is 24.1 Å². The fourth-order valence-electron chi connectivity index (χ4n) is 6.96. The van der Waals surface area contributed by atoms with Crippen LogP contribution in [-0.2, 0) is 26.1 Å². The van der Waals surface area contributed by atoms with Crippen LogP contribution in [0.3, 0.4) is 0 Å². The predicted molar refractivity (Wildman–Crippen MR) is 170 cm³/mol. The van der Waals surface area contributed by atoms with Gasteiger partial charge in [-0.15, -0.1) is 0 Å². The zero-order valence-corrected chi connectivity index (χ0v) is 25.3. The molecule has 0 unspecified atom stereocenters. The Hall–Kier alpha value is -4.21. The molecule has 1 aromatic heterocycles. The molecule has 1 N–H and O–H groups in total. The summed E-state index contributed by atoms with van der Waals surface area (Å²) in [5.74, 6) is -0.357. The van der Waals surface area contributed by atoms with Crippen molar-refractivity contribution in [2.24, 2.45) is 0 Å². The standard InChI is InChI=1S/C35H35N3O5S/c39-34(36-44(41,42)28-12-5-2-6-13-28)26-15-16-30-31(22-26)38-23-27(35(40)37-17-19-43-20-18-37)21-25-11-7-8-14-29(25)33(38)32(30)24-9-3-1-4-10-24/h2,5-8,11-16,21-22,24H,1,3-4,9-10,17-20,23H2,(H,36,39). The Kier molecular flexibility index (Phi) is 7.60. The SMILES string of the molecule is O=C(NS(=O)(=O)c1ccccc1)c1ccc2c(C3CCCCC3)c3n(c2c1)CC(C(=O)N1CCOCC1)=Cc1ccccc1-3. The maximum absolute atomic E-state index is 13.9. The highest BCUT2D eigenvalue weighted by molar-refractivity contribution is 7.90. The molecule has 1 aliphatic carbocycles. The zero-order valence-electron chi connectivity index (χ0n) is 24.5. The lowest BCUT2D eigenvalue weighted by Crippen LogP contribution is -2.41. The van der Waals surface area contributed by atoms with Crippen LogP contribution in [-0.4, -0.2) is 56.0 Å². The van der Waals surface area contributed by atoms with Gasteiger partial charge in [0.05, 0.1) is 30.3 Å². The zero-order chi connectivity index (χ0) is 30.3. The number of sulfonamides is 1. The summed E-state index contributed by atoms with van der Waals surface area (Å²) in [5, 5.41) is 1.05. The first-order valence-electron chi connectivity index (χ1n) is 15.4. The molecule has 0 atom stereocenters. The topological polar surface area (TPSA) is 97.7 Å². The molecular weight excluding hydrogens is 574 g/mol. The molecule has 2 fully saturated rings. The van der Waals surface area contributed by atoms with Crippen LogP contribution in [0.5, 0.6) is 0 Å². The summed E-state index contributed by atoms with van der Waals surface area (Å²) in [5.41, 5.74) is 6.13. The maximum atomic E-state index is 13.9. The first-order valence-corrected chi connectivity index (χ1v) is 16.8. The van der Waals surface area contributed by atoms with Gasteiger partial charge in [-0.05, 0) is 60.2 Å². The lowest BCUT2D eigenvalue weighted by atomic mass is 9.81. The number of hydrogen-bond acceptors (Lipinski definition) is 5. The van der Waals surface area contributed by atoms with Crippen molar-refractivity contribution in [3.63, 3.8) is 0 Å². The van der Waals surface area contributed by atoms with Gasteiger partial charge >= 0.3 is 0 Å². The number of nitrogens with zero attached hydrogens (tertiary/aromatic N) is 2. The Bertz CT molecular complexity index is 1880. The Labute approximate surface area is 257 Å². The first kappa shape index (κ1) is 28.6. The van der Waals surface area contributed by atoms with E-state index in [9.17, 15) is 18.0 Å². The van der Waals surface area contributed by atoms with Gasteiger partial charge in [-0.2, -0.15) is 0 Å². The molecule has 3 aromatic carbocycles. The van der Waals surface area contributed by atoms with Crippen LogP contribution in [0.2, 0.25) is 0 Å². The number of carbonyl (C=O) groups excluding carboxylic acids is 2. The van der Waals surface area contributed by atoms with E-state index >= 15 is 0 Å². The van der Waals surface area contributed by atoms with Crippen molar-refractivity contribution in [1.82, 2.24) is 14.2 Å². The smallest absolute Gasteiger partial charge is 0.265 e. The highest BCUT2D eigenvalue weighted by Crippen LogP contribution is 2.46. The number of aromatic nitrogens is 1. The van der Waals surface area contributed by atoms with Crippen molar-refractivity contribution in [2.75, 3.05) is 26.3 Å². The van der Waals surface area contributed by atoms with Gasteiger partial charge in [-0.3, -0.25) is 9.59 Å². The third kappa shape index (κ3) is 5.24. The Balaban J connectivity index is 1.37. The number of rotatable bonds is 5. The van der Waals surface area contributed by atoms with Crippen LogP contribution in [0, 0.1) is 0 Å². The van der Waals surface area contributed by atoms with Crippen molar-refractivity contribution in [1.29, 1.82) is 0 Å². The Morgan fingerprint density at radius 2 is 1.59 bits per heavy atom. The van der Waals surface area contributed by atoms with Gasteiger partial charge < -0.3 is 14.2 Å². The van der Waals surface area contributed by atoms with Gasteiger partial charge in [0.2, 0.25) is 0 Å². The second-order valence-corrected chi connectivity index (χ2v) is 13.5. The van der Waals surface area contributed by atoms with Crippen LogP contribution in [0.25, 0.3) is 28.2 Å². The molecule has 0 radical (unpaired) electrons. The van der Waals surface area contributed by atoms with E-state index in [-0.39, 0.29) is 16.4 Å². The lowest BCUT2D eigenvalue weighted by molar-refractivity contribution is -0.131. The number of carbonyl (C=O) groups is 2. The average molecular weight is 610 g/mol. The van der Waals surface area contributed by atoms with Crippen molar-refractivity contribution >= 4 is 38.8 Å². The summed E-state index contributed by atoms with van der Waals surface area (Å²) < 4.78 is 35.9. The van der Waals surface area contributed by atoms with E-state index in [4.69, 9.17) is 4.74 Å². The van der Waals surface area contributed by atoms with Crippen molar-refractivity contribution in [3.05, 3.63) is 95.1 Å². The van der Waals surface area contributed by atoms with Gasteiger partial charge in [-0.1, -0.05) is 67.8 Å². The van der Waals surface area contributed by atoms with Crippen LogP contribution in [0.1, 0.15) is 59.5 Å². The highest BCUT2D eigenvalue weighted by Gasteiger charge is 2.31. The minimum atomic E-state index is -4.04. The van der Waals surface area contributed by atoms with E-state index in [1.54, 1.807) is 30.3 Å². The molecule has 1 saturated heterocycles. The molecular formula is C35H35N3O5S. The molecule has 0 spiro atoms. The number of nitrogens with one attached hydrogen (secondary N) is 1. The molecule has 1 saturated carbocycles. The monoisotopic (exact) mass is 609 g/mol. The minimum absolute atomic E-state index is 0.0140. The van der Waals surface area contributed by atoms with Gasteiger partial charge in [-0.25, -0.2) is 13.1 Å². The normalized spacial score (nSPS) is 17.4. The Morgan fingerprint density at radius 3 is 2.36 bits per heavy atom. The maximum Gasteiger partial charge on any atom is 0.265 e. The number of ether oxygens (including phenoxy) is 1. The third-order valence-corrected chi connectivity index (χ3v) is 10.5. The molecule has 2 amide bonds. The van der Waals surface area contributed by atoms with Gasteiger partial charge in [0.25, 0.3) is 21.8 Å². The van der Waals surface area contributed by atoms with E-state index < -0.39 is 15.9 Å². The molecule has 226 valence electrons. The number of amides is 2. The lowest BCUT2D eigenvalue weighted by Gasteiger charge is -2.28. The molecule has 7 rings (SSSR count). The summed E-state index contributed by atoms with van der Waals surface area (Å²) in [6.45, 7) is 2.47. The molecule has 44 heavy (non-hydrogen) atoms. The summed E-state index contributed by atoms with van der Waals surface area (Å²) in [6.07, 6.45) is 7.73. The van der Waals surface area contributed by atoms with Gasteiger partial charge in [0.15, 0.2) is 0 Å². The number of benzene rings is 3. The van der Waals surface area contributed by atoms with Crippen molar-refractivity contribution in [3.8, 4) is 11.3 Å². The molecule has 9 heteroatoms. The third-order valence-electron chi connectivity index (χ3n) is 9.11. The van der Waals surface area contributed by atoms with Crippen LogP contribution in [0.15, 0.2) is 83.3 Å². The minimum Gasteiger partial charge on any atom is -0.378 e. The molecule has 0 bridgehead atoms. The molecule has 2 aliphatic heterocycles. The first-order chi connectivity index (χ1) is 21.4. The Morgan fingerprint density at radius 1 is 0.864 bits per heavy atom. The number of fused-ring (bicyclic) bond motifs is 5. The summed E-state index contributed by atoms with van der Waals surface area (Å²) in [6, 6.07) is 21.5. The van der Waals surface area contributed by atoms with E-state index in [0.717, 1.165) is 53.4 Å². The second kappa shape index (κ2) is 11.7. The van der Waals surface area contributed by atoms with Crippen LogP contribution in [0.4, 0.5) is 0 Å². The second-order valence-electron chi connectivity index (χ2n) is 11.8. The summed E-state index contributed by atoms with van der Waals surface area (Å²) >= 11 is 0. The fraction of sp³-hybridized carbons (Fsp3) is 0.314.